The van der Waals surface area contributed by atoms with E-state index in [4.69, 9.17) is 4.74 Å². The Morgan fingerprint density at radius 3 is 2.40 bits per heavy atom. The van der Waals surface area contributed by atoms with Crippen LogP contribution in [-0.2, 0) is 9.59 Å². The number of fused-ring (bicyclic) bond motifs is 1. The summed E-state index contributed by atoms with van der Waals surface area (Å²) < 4.78 is 6.32. The number of amides is 4. The Bertz CT molecular complexity index is 824. The van der Waals surface area contributed by atoms with Crippen LogP contribution in [0.1, 0.15) is 32.1 Å². The number of piperidine rings is 2. The number of likely N-dealkylation sites (tertiary alicyclic amines) is 2. The minimum absolute atomic E-state index is 0.00452. The van der Waals surface area contributed by atoms with Crippen molar-refractivity contribution >= 4 is 23.5 Å². The standard InChI is InChI=1S/C22H30N4O4/c1-24(2)21(29)26-11-7-16(8-12-26)20(28)25-13-9-22(10-14-25)15-19(27)23-17-5-3-4-6-18(17)30-22/h3-6,16H,7-15H2,1-2H3,(H,23,27). The van der Waals surface area contributed by atoms with Crippen molar-refractivity contribution in [1.82, 2.24) is 14.7 Å². The predicted molar refractivity (Wildman–Crippen MR) is 112 cm³/mol. The van der Waals surface area contributed by atoms with Crippen molar-refractivity contribution in [1.29, 1.82) is 0 Å². The zero-order valence-electron chi connectivity index (χ0n) is 17.7. The lowest BCUT2D eigenvalue weighted by Gasteiger charge is -2.42. The molecule has 1 aromatic rings. The molecular formula is C22H30N4O4. The molecular weight excluding hydrogens is 384 g/mol. The average Bonchev–Trinajstić information content (AvgIpc) is 2.88. The number of nitrogens with zero attached hydrogens (tertiary/aromatic N) is 3. The molecule has 0 aliphatic carbocycles. The number of anilines is 1. The fraction of sp³-hybridized carbons (Fsp3) is 0.591. The Morgan fingerprint density at radius 1 is 1.07 bits per heavy atom. The molecule has 2 saturated heterocycles. The van der Waals surface area contributed by atoms with Gasteiger partial charge in [0.2, 0.25) is 11.8 Å². The molecule has 0 atom stereocenters. The number of ether oxygens (including phenoxy) is 1. The largest absolute Gasteiger partial charge is 0.484 e. The molecule has 8 heteroatoms. The van der Waals surface area contributed by atoms with Gasteiger partial charge in [-0.2, -0.15) is 0 Å². The van der Waals surface area contributed by atoms with Crippen LogP contribution in [0.5, 0.6) is 5.75 Å². The summed E-state index contributed by atoms with van der Waals surface area (Å²) in [4.78, 5) is 42.9. The number of carbonyl (C=O) groups is 3. The SMILES string of the molecule is CN(C)C(=O)N1CCC(C(=O)N2CCC3(CC2)CC(=O)Nc2ccccc2O3)CC1. The highest BCUT2D eigenvalue weighted by atomic mass is 16.5. The molecule has 3 heterocycles. The van der Waals surface area contributed by atoms with Crippen LogP contribution < -0.4 is 10.1 Å². The summed E-state index contributed by atoms with van der Waals surface area (Å²) in [5.74, 6) is 0.781. The van der Waals surface area contributed by atoms with E-state index in [1.165, 1.54) is 0 Å². The van der Waals surface area contributed by atoms with Gasteiger partial charge in [-0.15, -0.1) is 0 Å². The van der Waals surface area contributed by atoms with Gasteiger partial charge in [-0.1, -0.05) is 12.1 Å². The third-order valence-corrected chi connectivity index (χ3v) is 6.45. The van der Waals surface area contributed by atoms with E-state index in [1.807, 2.05) is 34.1 Å². The Hall–Kier alpha value is -2.77. The molecule has 0 saturated carbocycles. The second-order valence-corrected chi connectivity index (χ2v) is 8.77. The van der Waals surface area contributed by atoms with Gasteiger partial charge in [-0.3, -0.25) is 9.59 Å². The lowest BCUT2D eigenvalue weighted by atomic mass is 9.86. The molecule has 0 bridgehead atoms. The first-order chi connectivity index (χ1) is 14.4. The maximum Gasteiger partial charge on any atom is 0.319 e. The van der Waals surface area contributed by atoms with Gasteiger partial charge in [-0.25, -0.2) is 4.79 Å². The average molecular weight is 415 g/mol. The van der Waals surface area contributed by atoms with Crippen LogP contribution >= 0.6 is 0 Å². The van der Waals surface area contributed by atoms with E-state index in [0.717, 1.165) is 0 Å². The Labute approximate surface area is 177 Å². The molecule has 162 valence electrons. The van der Waals surface area contributed by atoms with E-state index in [2.05, 4.69) is 5.32 Å². The second kappa shape index (κ2) is 8.16. The van der Waals surface area contributed by atoms with Crippen LogP contribution in [-0.4, -0.2) is 78.4 Å². The minimum atomic E-state index is -0.561. The number of hydrogen-bond donors (Lipinski definition) is 1. The van der Waals surface area contributed by atoms with E-state index in [1.54, 1.807) is 19.0 Å². The number of benzene rings is 1. The van der Waals surface area contributed by atoms with Crippen LogP contribution in [0.15, 0.2) is 24.3 Å². The Kier molecular flexibility index (Phi) is 5.58. The van der Waals surface area contributed by atoms with Gasteiger partial charge >= 0.3 is 6.03 Å². The molecule has 3 aliphatic heterocycles. The number of para-hydroxylation sites is 2. The molecule has 1 spiro atoms. The fourth-order valence-corrected chi connectivity index (χ4v) is 4.69. The van der Waals surface area contributed by atoms with Crippen molar-refractivity contribution < 1.29 is 19.1 Å². The first-order valence-electron chi connectivity index (χ1n) is 10.7. The quantitative estimate of drug-likeness (QED) is 0.764. The number of nitrogens with one attached hydrogen (secondary N) is 1. The maximum absolute atomic E-state index is 13.1. The molecule has 0 radical (unpaired) electrons. The number of carbonyl (C=O) groups excluding carboxylic acids is 3. The first-order valence-corrected chi connectivity index (χ1v) is 10.7. The van der Waals surface area contributed by atoms with Crippen molar-refractivity contribution in [3.63, 3.8) is 0 Å². The predicted octanol–water partition coefficient (Wildman–Crippen LogP) is 2.16. The third-order valence-electron chi connectivity index (χ3n) is 6.45. The molecule has 0 aromatic heterocycles. The van der Waals surface area contributed by atoms with Gasteiger partial charge in [0.1, 0.15) is 11.4 Å². The summed E-state index contributed by atoms with van der Waals surface area (Å²) in [5.41, 5.74) is 0.145. The van der Waals surface area contributed by atoms with Gasteiger partial charge in [0, 0.05) is 59.0 Å². The van der Waals surface area contributed by atoms with Crippen LogP contribution in [0.2, 0.25) is 0 Å². The summed E-state index contributed by atoms with van der Waals surface area (Å²) in [6.45, 7) is 2.41. The fourth-order valence-electron chi connectivity index (χ4n) is 4.69. The van der Waals surface area contributed by atoms with E-state index in [-0.39, 0.29) is 23.8 Å². The summed E-state index contributed by atoms with van der Waals surface area (Å²) in [5, 5.41) is 2.92. The van der Waals surface area contributed by atoms with E-state index < -0.39 is 5.60 Å². The number of hydrogen-bond acceptors (Lipinski definition) is 4. The van der Waals surface area contributed by atoms with Crippen molar-refractivity contribution in [2.45, 2.75) is 37.7 Å². The molecule has 8 nitrogen and oxygen atoms in total. The molecule has 0 unspecified atom stereocenters. The van der Waals surface area contributed by atoms with Crippen molar-refractivity contribution in [2.75, 3.05) is 45.6 Å². The molecule has 30 heavy (non-hydrogen) atoms. The molecule has 4 rings (SSSR count). The van der Waals surface area contributed by atoms with Crippen molar-refractivity contribution in [3.05, 3.63) is 24.3 Å². The first kappa shape index (κ1) is 20.5. The molecule has 3 aliphatic rings. The van der Waals surface area contributed by atoms with Crippen molar-refractivity contribution in [3.8, 4) is 5.75 Å². The highest BCUT2D eigenvalue weighted by Crippen LogP contribution is 2.38. The van der Waals surface area contributed by atoms with Gasteiger partial charge in [-0.05, 0) is 25.0 Å². The van der Waals surface area contributed by atoms with Gasteiger partial charge in [0.15, 0.2) is 0 Å². The summed E-state index contributed by atoms with van der Waals surface area (Å²) in [7, 11) is 3.49. The zero-order chi connectivity index (χ0) is 21.3. The lowest BCUT2D eigenvalue weighted by Crippen LogP contribution is -2.53. The van der Waals surface area contributed by atoms with Crippen LogP contribution in [0.3, 0.4) is 0 Å². The lowest BCUT2D eigenvalue weighted by molar-refractivity contribution is -0.141. The second-order valence-electron chi connectivity index (χ2n) is 8.77. The van der Waals surface area contributed by atoms with Crippen LogP contribution in [0.25, 0.3) is 0 Å². The van der Waals surface area contributed by atoms with Crippen LogP contribution in [0, 0.1) is 5.92 Å². The Balaban J connectivity index is 1.35. The zero-order valence-corrected chi connectivity index (χ0v) is 17.7. The molecule has 4 amide bonds. The minimum Gasteiger partial charge on any atom is -0.484 e. The normalized spacial score (nSPS) is 21.3. The summed E-state index contributed by atoms with van der Waals surface area (Å²) in [6.07, 6.45) is 2.98. The van der Waals surface area contributed by atoms with Gasteiger partial charge in [0.05, 0.1) is 12.1 Å². The smallest absolute Gasteiger partial charge is 0.319 e. The van der Waals surface area contributed by atoms with Gasteiger partial charge in [0.25, 0.3) is 0 Å². The highest BCUT2D eigenvalue weighted by molar-refractivity contribution is 5.93. The van der Waals surface area contributed by atoms with E-state index >= 15 is 0 Å². The summed E-state index contributed by atoms with van der Waals surface area (Å²) in [6, 6.07) is 7.50. The molecule has 1 N–H and O–H groups in total. The van der Waals surface area contributed by atoms with Crippen LogP contribution in [0.4, 0.5) is 10.5 Å². The topological polar surface area (TPSA) is 82.2 Å². The highest BCUT2D eigenvalue weighted by Gasteiger charge is 2.43. The van der Waals surface area contributed by atoms with Gasteiger partial charge < -0.3 is 24.8 Å². The maximum atomic E-state index is 13.1. The number of urea groups is 1. The van der Waals surface area contributed by atoms with Crippen molar-refractivity contribution in [2.24, 2.45) is 5.92 Å². The third kappa shape index (κ3) is 4.08. The Morgan fingerprint density at radius 2 is 1.73 bits per heavy atom. The molecule has 1 aromatic carbocycles. The monoisotopic (exact) mass is 414 g/mol. The number of rotatable bonds is 1. The van der Waals surface area contributed by atoms with E-state index in [0.29, 0.717) is 69.7 Å². The summed E-state index contributed by atoms with van der Waals surface area (Å²) >= 11 is 0. The molecule has 2 fully saturated rings. The van der Waals surface area contributed by atoms with E-state index in [9.17, 15) is 14.4 Å².